The fourth-order valence-electron chi connectivity index (χ4n) is 1.69. The lowest BCUT2D eigenvalue weighted by molar-refractivity contribution is -0.871. The van der Waals surface area contributed by atoms with Gasteiger partial charge in [0.25, 0.3) is 0 Å². The maximum absolute atomic E-state index is 2.41. The Kier molecular flexibility index (Phi) is 9.89. The maximum atomic E-state index is 2.41. The van der Waals surface area contributed by atoms with Crippen molar-refractivity contribution >= 4 is 0 Å². The van der Waals surface area contributed by atoms with Gasteiger partial charge in [0.15, 0.2) is 0 Å². The van der Waals surface area contributed by atoms with Gasteiger partial charge in [-0.1, -0.05) is 40.0 Å². The van der Waals surface area contributed by atoms with E-state index in [0.717, 1.165) is 16.3 Å². The highest BCUT2D eigenvalue weighted by molar-refractivity contribution is 4.61. The van der Waals surface area contributed by atoms with Gasteiger partial charge in [-0.15, -0.1) is 0 Å². The Bertz CT molecular complexity index is 140. The van der Waals surface area contributed by atoms with E-state index in [9.17, 15) is 0 Å². The predicted octanol–water partition coefficient (Wildman–Crippen LogP) is 0.549. The molecule has 0 aromatic carbocycles. The van der Waals surface area contributed by atoms with Crippen molar-refractivity contribution < 1.29 is 16.9 Å². The van der Waals surface area contributed by atoms with Crippen LogP contribution in [0, 0.1) is 11.8 Å². The van der Waals surface area contributed by atoms with Gasteiger partial charge in [0, 0.05) is 0 Å². The summed E-state index contributed by atoms with van der Waals surface area (Å²) in [7, 11) is 6.84. The molecule has 0 aromatic heterocycles. The predicted molar refractivity (Wildman–Crippen MR) is 65.4 cm³/mol. The summed E-state index contributed by atoms with van der Waals surface area (Å²) in [5.74, 6) is 1.79. The van der Waals surface area contributed by atoms with Gasteiger partial charge in [-0.05, 0) is 18.3 Å². The monoisotopic (exact) mass is 235 g/mol. The Hall–Kier alpha value is 0.250. The molecule has 0 aliphatic heterocycles. The summed E-state index contributed by atoms with van der Waals surface area (Å²) in [5.41, 5.74) is 0. The zero-order chi connectivity index (χ0) is 11.2. The quantitative estimate of drug-likeness (QED) is 0.566. The summed E-state index contributed by atoms with van der Waals surface area (Å²) >= 11 is 0. The standard InChI is InChI=1S/C13H30N.ClH/c1-7-8-9-12(2)13(3)10-11-14(4,5)6;/h12-13H,7-11H2,1-6H3;1H/q+1;/p-1. The van der Waals surface area contributed by atoms with Crippen LogP contribution in [-0.2, 0) is 0 Å². The molecule has 2 atom stereocenters. The maximum Gasteiger partial charge on any atom is 0.0783 e. The molecule has 0 spiro atoms. The van der Waals surface area contributed by atoms with Crippen molar-refractivity contribution in [1.82, 2.24) is 0 Å². The number of nitrogens with zero attached hydrogens (tertiary/aromatic N) is 1. The molecule has 0 aliphatic rings. The zero-order valence-electron chi connectivity index (χ0n) is 11.5. The van der Waals surface area contributed by atoms with Crippen molar-refractivity contribution in [3.63, 3.8) is 0 Å². The first-order valence-corrected chi connectivity index (χ1v) is 6.17. The SMILES string of the molecule is CCCCC(C)C(C)CC[N+](C)(C)C.[Cl-]. The van der Waals surface area contributed by atoms with Crippen LogP contribution < -0.4 is 12.4 Å². The third kappa shape index (κ3) is 10.5. The topological polar surface area (TPSA) is 0 Å². The summed E-state index contributed by atoms with van der Waals surface area (Å²) < 4.78 is 1.10. The van der Waals surface area contributed by atoms with Gasteiger partial charge in [-0.25, -0.2) is 0 Å². The summed E-state index contributed by atoms with van der Waals surface area (Å²) in [4.78, 5) is 0. The van der Waals surface area contributed by atoms with Crippen LogP contribution in [0.25, 0.3) is 0 Å². The Labute approximate surface area is 103 Å². The lowest BCUT2D eigenvalue weighted by Gasteiger charge is -2.27. The Balaban J connectivity index is 0. The molecule has 0 saturated carbocycles. The van der Waals surface area contributed by atoms with Gasteiger partial charge in [0.2, 0.25) is 0 Å². The number of hydrogen-bond acceptors (Lipinski definition) is 0. The molecular formula is C13H30ClN. The molecule has 0 bridgehead atoms. The minimum atomic E-state index is 0. The van der Waals surface area contributed by atoms with Crippen molar-refractivity contribution in [2.24, 2.45) is 11.8 Å². The Morgan fingerprint density at radius 1 is 0.933 bits per heavy atom. The van der Waals surface area contributed by atoms with E-state index in [1.807, 2.05) is 0 Å². The molecule has 0 aliphatic carbocycles. The second-order valence-electron chi connectivity index (χ2n) is 5.90. The summed E-state index contributed by atoms with van der Waals surface area (Å²) in [5, 5.41) is 0. The van der Waals surface area contributed by atoms with Crippen LogP contribution in [0.5, 0.6) is 0 Å². The average Bonchev–Trinajstić information content (AvgIpc) is 2.09. The van der Waals surface area contributed by atoms with E-state index in [2.05, 4.69) is 41.9 Å². The van der Waals surface area contributed by atoms with E-state index >= 15 is 0 Å². The molecule has 2 heteroatoms. The molecule has 2 unspecified atom stereocenters. The largest absolute Gasteiger partial charge is 1.00 e. The summed E-state index contributed by atoms with van der Waals surface area (Å²) in [6, 6.07) is 0. The number of halogens is 1. The van der Waals surface area contributed by atoms with Crippen molar-refractivity contribution in [1.29, 1.82) is 0 Å². The molecule has 0 N–H and O–H groups in total. The van der Waals surface area contributed by atoms with Crippen molar-refractivity contribution in [3.8, 4) is 0 Å². The van der Waals surface area contributed by atoms with Gasteiger partial charge >= 0.3 is 0 Å². The molecule has 0 fully saturated rings. The Morgan fingerprint density at radius 2 is 1.40 bits per heavy atom. The Morgan fingerprint density at radius 3 is 1.80 bits per heavy atom. The average molecular weight is 236 g/mol. The fourth-order valence-corrected chi connectivity index (χ4v) is 1.69. The molecule has 1 nitrogen and oxygen atoms in total. The van der Waals surface area contributed by atoms with Gasteiger partial charge < -0.3 is 16.9 Å². The minimum absolute atomic E-state index is 0. The minimum Gasteiger partial charge on any atom is -1.00 e. The van der Waals surface area contributed by atoms with Crippen LogP contribution >= 0.6 is 0 Å². The molecule has 0 heterocycles. The molecule has 0 saturated heterocycles. The van der Waals surface area contributed by atoms with Gasteiger partial charge in [-0.2, -0.15) is 0 Å². The van der Waals surface area contributed by atoms with Crippen molar-refractivity contribution in [3.05, 3.63) is 0 Å². The third-order valence-electron chi connectivity index (χ3n) is 3.24. The van der Waals surface area contributed by atoms with Gasteiger partial charge in [0.1, 0.15) is 0 Å². The number of rotatable bonds is 7. The van der Waals surface area contributed by atoms with E-state index in [0.29, 0.717) is 0 Å². The number of hydrogen-bond donors (Lipinski definition) is 0. The highest BCUT2D eigenvalue weighted by Gasteiger charge is 2.15. The van der Waals surface area contributed by atoms with Crippen LogP contribution in [0.15, 0.2) is 0 Å². The highest BCUT2D eigenvalue weighted by atomic mass is 35.5. The molecule has 0 amide bonds. The van der Waals surface area contributed by atoms with E-state index in [1.54, 1.807) is 0 Å². The molecule has 0 rings (SSSR count). The van der Waals surface area contributed by atoms with Crippen LogP contribution in [0.4, 0.5) is 0 Å². The van der Waals surface area contributed by atoms with Crippen LogP contribution in [0.2, 0.25) is 0 Å². The third-order valence-corrected chi connectivity index (χ3v) is 3.24. The number of quaternary nitrogens is 1. The molecule has 0 aromatic rings. The lowest BCUT2D eigenvalue weighted by atomic mass is 9.88. The second-order valence-corrected chi connectivity index (χ2v) is 5.90. The van der Waals surface area contributed by atoms with Crippen LogP contribution in [-0.4, -0.2) is 32.2 Å². The normalized spacial score (nSPS) is 15.6. The first kappa shape index (κ1) is 17.6. The van der Waals surface area contributed by atoms with Gasteiger partial charge in [-0.3, -0.25) is 0 Å². The lowest BCUT2D eigenvalue weighted by Crippen LogP contribution is -3.00. The zero-order valence-corrected chi connectivity index (χ0v) is 12.3. The molecule has 94 valence electrons. The van der Waals surface area contributed by atoms with Crippen molar-refractivity contribution in [2.45, 2.75) is 46.5 Å². The molecular weight excluding hydrogens is 206 g/mol. The molecule has 0 radical (unpaired) electrons. The fraction of sp³-hybridized carbons (Fsp3) is 1.00. The van der Waals surface area contributed by atoms with Crippen LogP contribution in [0.3, 0.4) is 0 Å². The van der Waals surface area contributed by atoms with E-state index in [1.165, 1.54) is 32.2 Å². The highest BCUT2D eigenvalue weighted by Crippen LogP contribution is 2.21. The van der Waals surface area contributed by atoms with Gasteiger partial charge in [0.05, 0.1) is 27.7 Å². The number of unbranched alkanes of at least 4 members (excludes halogenated alkanes) is 1. The second kappa shape index (κ2) is 8.41. The van der Waals surface area contributed by atoms with Crippen molar-refractivity contribution in [2.75, 3.05) is 27.7 Å². The summed E-state index contributed by atoms with van der Waals surface area (Å²) in [6.45, 7) is 8.41. The van der Waals surface area contributed by atoms with E-state index in [-0.39, 0.29) is 12.4 Å². The summed E-state index contributed by atoms with van der Waals surface area (Å²) in [6.07, 6.45) is 5.52. The first-order chi connectivity index (χ1) is 6.37. The molecule has 15 heavy (non-hydrogen) atoms. The van der Waals surface area contributed by atoms with E-state index in [4.69, 9.17) is 0 Å². The smallest absolute Gasteiger partial charge is 0.0783 e. The first-order valence-electron chi connectivity index (χ1n) is 6.17. The van der Waals surface area contributed by atoms with E-state index < -0.39 is 0 Å². The van der Waals surface area contributed by atoms with Crippen LogP contribution in [0.1, 0.15) is 46.5 Å².